The Hall–Kier alpha value is -3.21. The van der Waals surface area contributed by atoms with Crippen LogP contribution in [0.3, 0.4) is 0 Å². The summed E-state index contributed by atoms with van der Waals surface area (Å²) in [6.45, 7) is 7.65. The Morgan fingerprint density at radius 2 is 1.70 bits per heavy atom. The molecule has 5 nitrogen and oxygen atoms in total. The Bertz CT molecular complexity index is 984. The summed E-state index contributed by atoms with van der Waals surface area (Å²) < 4.78 is 7.18. The van der Waals surface area contributed by atoms with Gasteiger partial charge in [-0.1, -0.05) is 12.1 Å². The molecule has 0 atom stereocenters. The first-order valence-corrected chi connectivity index (χ1v) is 8.76. The van der Waals surface area contributed by atoms with Crippen molar-refractivity contribution in [3.05, 3.63) is 82.4 Å². The van der Waals surface area contributed by atoms with E-state index < -0.39 is 5.97 Å². The first kappa shape index (κ1) is 18.6. The fraction of sp³-hybridized carbons (Fsp3) is 0.227. The van der Waals surface area contributed by atoms with E-state index in [4.69, 9.17) is 4.74 Å². The first-order valence-electron chi connectivity index (χ1n) is 8.76. The average Bonchev–Trinajstić information content (AvgIpc) is 2.93. The summed E-state index contributed by atoms with van der Waals surface area (Å²) in [6, 6.07) is 13.1. The van der Waals surface area contributed by atoms with Crippen molar-refractivity contribution in [1.29, 1.82) is 0 Å². The van der Waals surface area contributed by atoms with Crippen molar-refractivity contribution < 1.29 is 14.3 Å². The van der Waals surface area contributed by atoms with E-state index in [9.17, 15) is 9.59 Å². The van der Waals surface area contributed by atoms with Crippen molar-refractivity contribution in [2.45, 2.75) is 27.7 Å². The lowest BCUT2D eigenvalue weighted by molar-refractivity contribution is 0.0468. The van der Waals surface area contributed by atoms with Gasteiger partial charge >= 0.3 is 5.97 Å². The minimum absolute atomic E-state index is 0.186. The van der Waals surface area contributed by atoms with Gasteiger partial charge in [-0.2, -0.15) is 0 Å². The number of carbonyl (C=O) groups excluding carboxylic acids is 2. The molecule has 0 N–H and O–H groups in total. The lowest BCUT2D eigenvalue weighted by Crippen LogP contribution is -2.15. The molecule has 138 valence electrons. The van der Waals surface area contributed by atoms with Gasteiger partial charge in [0.1, 0.15) is 5.69 Å². The van der Waals surface area contributed by atoms with Gasteiger partial charge in [-0.25, -0.2) is 9.78 Å². The quantitative estimate of drug-likeness (QED) is 0.505. The summed E-state index contributed by atoms with van der Waals surface area (Å²) in [5.74, 6) is -0.838. The Labute approximate surface area is 158 Å². The minimum atomic E-state index is -0.605. The normalized spacial score (nSPS) is 10.7. The van der Waals surface area contributed by atoms with Crippen molar-refractivity contribution >= 4 is 11.8 Å². The maximum atomic E-state index is 12.6. The number of hydrogen-bond donors (Lipinski definition) is 0. The topological polar surface area (TPSA) is 61.2 Å². The number of nitrogens with zero attached hydrogens (tertiary/aromatic N) is 2. The summed E-state index contributed by atoms with van der Waals surface area (Å²) in [6.07, 6.45) is 1.51. The summed E-state index contributed by atoms with van der Waals surface area (Å²) in [4.78, 5) is 28.5. The van der Waals surface area contributed by atoms with E-state index in [0.29, 0.717) is 5.56 Å². The smallest absolute Gasteiger partial charge is 0.357 e. The van der Waals surface area contributed by atoms with Crippen LogP contribution in [-0.4, -0.2) is 27.9 Å². The second-order valence-electron chi connectivity index (χ2n) is 6.68. The number of pyridine rings is 1. The van der Waals surface area contributed by atoms with Crippen molar-refractivity contribution in [3.63, 3.8) is 0 Å². The van der Waals surface area contributed by atoms with Crippen LogP contribution in [0.25, 0.3) is 5.69 Å². The van der Waals surface area contributed by atoms with Crippen molar-refractivity contribution in [3.8, 4) is 5.69 Å². The van der Waals surface area contributed by atoms with Crippen LogP contribution in [0.1, 0.15) is 43.4 Å². The zero-order valence-corrected chi connectivity index (χ0v) is 15.9. The number of esters is 1. The van der Waals surface area contributed by atoms with Gasteiger partial charge in [0.25, 0.3) is 0 Å². The van der Waals surface area contributed by atoms with Gasteiger partial charge in [0.15, 0.2) is 6.61 Å². The lowest BCUT2D eigenvalue weighted by Gasteiger charge is -2.12. The molecular weight excluding hydrogens is 340 g/mol. The van der Waals surface area contributed by atoms with Gasteiger partial charge in [-0.05, 0) is 69.2 Å². The predicted octanol–water partition coefficient (Wildman–Crippen LogP) is 4.15. The molecule has 0 spiro atoms. The maximum absolute atomic E-state index is 12.6. The van der Waals surface area contributed by atoms with E-state index in [1.807, 2.05) is 38.3 Å². The molecule has 27 heavy (non-hydrogen) atoms. The van der Waals surface area contributed by atoms with Crippen LogP contribution in [0.5, 0.6) is 0 Å². The standard InChI is InChI=1S/C22H22N2O3/c1-14-9-15(2)11-18(10-14)24-16(3)12-19(17(24)4)21(25)13-27-22(26)20-7-5-6-8-23-20/h5-12H,13H2,1-4H3. The fourth-order valence-corrected chi connectivity index (χ4v) is 3.29. The van der Waals surface area contributed by atoms with E-state index in [2.05, 4.69) is 23.2 Å². The molecule has 0 radical (unpaired) electrons. The molecule has 0 unspecified atom stereocenters. The molecule has 3 rings (SSSR count). The average molecular weight is 362 g/mol. The zero-order valence-electron chi connectivity index (χ0n) is 15.9. The monoisotopic (exact) mass is 362 g/mol. The molecule has 0 saturated carbocycles. The van der Waals surface area contributed by atoms with Crippen molar-refractivity contribution in [1.82, 2.24) is 9.55 Å². The van der Waals surface area contributed by atoms with Crippen molar-refractivity contribution in [2.24, 2.45) is 0 Å². The molecule has 3 aromatic rings. The molecule has 0 aliphatic heterocycles. The summed E-state index contributed by atoms with van der Waals surface area (Å²) in [7, 11) is 0. The van der Waals surface area contributed by atoms with Gasteiger partial charge in [-0.3, -0.25) is 4.79 Å². The molecule has 0 fully saturated rings. The number of benzene rings is 1. The highest BCUT2D eigenvalue weighted by atomic mass is 16.5. The van der Waals surface area contributed by atoms with Crippen LogP contribution in [0.4, 0.5) is 0 Å². The molecular formula is C22H22N2O3. The van der Waals surface area contributed by atoms with Gasteiger partial charge in [0.2, 0.25) is 5.78 Å². The van der Waals surface area contributed by atoms with E-state index >= 15 is 0 Å². The maximum Gasteiger partial charge on any atom is 0.357 e. The first-order chi connectivity index (χ1) is 12.9. The third kappa shape index (κ3) is 3.97. The second-order valence-corrected chi connectivity index (χ2v) is 6.68. The Balaban J connectivity index is 1.81. The van der Waals surface area contributed by atoms with E-state index in [1.165, 1.54) is 6.20 Å². The molecule has 1 aromatic carbocycles. The summed E-state index contributed by atoms with van der Waals surface area (Å²) in [5, 5.41) is 0. The number of ether oxygens (including phenoxy) is 1. The van der Waals surface area contributed by atoms with Crippen molar-refractivity contribution in [2.75, 3.05) is 6.61 Å². The Morgan fingerprint density at radius 1 is 1.00 bits per heavy atom. The van der Waals surface area contributed by atoms with Crippen LogP contribution >= 0.6 is 0 Å². The third-order valence-electron chi connectivity index (χ3n) is 4.40. The lowest BCUT2D eigenvalue weighted by atomic mass is 10.1. The summed E-state index contributed by atoms with van der Waals surface area (Å²) >= 11 is 0. The number of rotatable bonds is 5. The van der Waals surface area contributed by atoms with Gasteiger partial charge in [0.05, 0.1) is 0 Å². The van der Waals surface area contributed by atoms with Gasteiger partial charge in [-0.15, -0.1) is 0 Å². The molecule has 0 saturated heterocycles. The molecule has 5 heteroatoms. The largest absolute Gasteiger partial charge is 0.453 e. The Morgan fingerprint density at radius 3 is 2.33 bits per heavy atom. The van der Waals surface area contributed by atoms with E-state index in [0.717, 1.165) is 28.2 Å². The number of Topliss-reactive ketones (excluding diaryl/α,β-unsaturated/α-hetero) is 1. The minimum Gasteiger partial charge on any atom is -0.453 e. The van der Waals surface area contributed by atoms with Gasteiger partial charge < -0.3 is 9.30 Å². The Kier molecular flexibility index (Phi) is 5.21. The molecule has 0 aliphatic carbocycles. The highest BCUT2D eigenvalue weighted by Crippen LogP contribution is 2.23. The zero-order chi connectivity index (χ0) is 19.6. The second kappa shape index (κ2) is 7.58. The van der Waals surface area contributed by atoms with Crippen LogP contribution in [-0.2, 0) is 4.74 Å². The van der Waals surface area contributed by atoms with Crippen LogP contribution in [0.2, 0.25) is 0 Å². The predicted molar refractivity (Wildman–Crippen MR) is 104 cm³/mol. The SMILES string of the molecule is Cc1cc(C)cc(-n2c(C)cc(C(=O)COC(=O)c3ccccn3)c2C)c1. The van der Waals surface area contributed by atoms with Crippen LogP contribution < -0.4 is 0 Å². The number of ketones is 1. The highest BCUT2D eigenvalue weighted by molar-refractivity contribution is 6.00. The number of aromatic nitrogens is 2. The molecule has 0 aliphatic rings. The molecule has 0 amide bonds. The van der Waals surface area contributed by atoms with Crippen LogP contribution in [0.15, 0.2) is 48.7 Å². The molecule has 0 bridgehead atoms. The van der Waals surface area contributed by atoms with E-state index in [-0.39, 0.29) is 18.1 Å². The number of hydrogen-bond acceptors (Lipinski definition) is 4. The number of aryl methyl sites for hydroxylation is 3. The third-order valence-corrected chi connectivity index (χ3v) is 4.40. The van der Waals surface area contributed by atoms with E-state index in [1.54, 1.807) is 18.2 Å². The highest BCUT2D eigenvalue weighted by Gasteiger charge is 2.19. The van der Waals surface area contributed by atoms with Crippen LogP contribution in [0, 0.1) is 27.7 Å². The number of carbonyl (C=O) groups is 2. The fourth-order valence-electron chi connectivity index (χ4n) is 3.29. The summed E-state index contributed by atoms with van der Waals surface area (Å²) in [5.41, 5.74) is 5.87. The molecule has 2 aromatic heterocycles. The molecule has 2 heterocycles. The van der Waals surface area contributed by atoms with Gasteiger partial charge in [0, 0.05) is 28.8 Å².